The van der Waals surface area contributed by atoms with Gasteiger partial charge in [0.05, 0.1) is 16.6 Å². The average Bonchev–Trinajstić information content (AvgIpc) is 2.84. The van der Waals surface area contributed by atoms with Crippen LogP contribution in [0.2, 0.25) is 0 Å². The van der Waals surface area contributed by atoms with E-state index < -0.39 is 0 Å². The highest BCUT2D eigenvalue weighted by atomic mass is 35.5. The number of amides is 3. The molecule has 0 N–H and O–H groups in total. The molecule has 5 nitrogen and oxygen atoms in total. The van der Waals surface area contributed by atoms with Crippen molar-refractivity contribution in [2.24, 2.45) is 0 Å². The Morgan fingerprint density at radius 3 is 2.82 bits per heavy atom. The number of thiazole rings is 1. The van der Waals surface area contributed by atoms with E-state index in [0.717, 1.165) is 10.7 Å². The van der Waals surface area contributed by atoms with E-state index in [1.807, 2.05) is 5.38 Å². The van der Waals surface area contributed by atoms with Crippen LogP contribution in [0.4, 0.5) is 4.79 Å². The SMILES string of the molecule is CN1CC(=O)N(CCc2nc(CCl)cs2)C1=O. The number of urea groups is 1. The van der Waals surface area contributed by atoms with Gasteiger partial charge >= 0.3 is 6.03 Å². The molecule has 0 atom stereocenters. The number of hydrogen-bond donors (Lipinski definition) is 0. The maximum absolute atomic E-state index is 11.6. The van der Waals surface area contributed by atoms with E-state index >= 15 is 0 Å². The van der Waals surface area contributed by atoms with Crippen molar-refractivity contribution in [3.05, 3.63) is 16.1 Å². The molecular formula is C10H12ClN3O2S. The lowest BCUT2D eigenvalue weighted by molar-refractivity contribution is -0.125. The van der Waals surface area contributed by atoms with E-state index in [9.17, 15) is 9.59 Å². The standard InChI is InChI=1S/C10H12ClN3O2S/c1-13-5-9(15)14(10(13)16)3-2-8-12-7(4-11)6-17-8/h6H,2-5H2,1H3. The molecule has 2 heterocycles. The molecule has 7 heteroatoms. The summed E-state index contributed by atoms with van der Waals surface area (Å²) >= 11 is 7.15. The smallest absolute Gasteiger partial charge is 0.318 e. The van der Waals surface area contributed by atoms with Crippen LogP contribution in [0.5, 0.6) is 0 Å². The summed E-state index contributed by atoms with van der Waals surface area (Å²) < 4.78 is 0. The molecule has 92 valence electrons. The Hall–Kier alpha value is -1.14. The van der Waals surface area contributed by atoms with Gasteiger partial charge in [0.2, 0.25) is 5.91 Å². The van der Waals surface area contributed by atoms with E-state index in [1.54, 1.807) is 7.05 Å². The van der Waals surface area contributed by atoms with Gasteiger partial charge in [0.25, 0.3) is 0 Å². The number of hydrogen-bond acceptors (Lipinski definition) is 4. The minimum Gasteiger partial charge on any atom is -0.318 e. The predicted molar refractivity (Wildman–Crippen MR) is 65.1 cm³/mol. The molecule has 1 aliphatic heterocycles. The second-order valence-corrected chi connectivity index (χ2v) is 5.01. The van der Waals surface area contributed by atoms with Crippen molar-refractivity contribution in [3.8, 4) is 0 Å². The van der Waals surface area contributed by atoms with Crippen LogP contribution in [0.3, 0.4) is 0 Å². The van der Waals surface area contributed by atoms with E-state index in [1.165, 1.54) is 21.1 Å². The van der Waals surface area contributed by atoms with Gasteiger partial charge in [0.15, 0.2) is 0 Å². The summed E-state index contributed by atoms with van der Waals surface area (Å²) in [6.45, 7) is 0.556. The maximum atomic E-state index is 11.6. The number of carbonyl (C=O) groups excluding carboxylic acids is 2. The lowest BCUT2D eigenvalue weighted by Gasteiger charge is -2.12. The molecule has 0 unspecified atom stereocenters. The van der Waals surface area contributed by atoms with Gasteiger partial charge in [0, 0.05) is 25.4 Å². The number of likely N-dealkylation sites (N-methyl/N-ethyl adjacent to an activating group) is 1. The zero-order chi connectivity index (χ0) is 12.4. The zero-order valence-electron chi connectivity index (χ0n) is 9.35. The Balaban J connectivity index is 1.94. The van der Waals surface area contributed by atoms with Crippen LogP contribution in [0.15, 0.2) is 5.38 Å². The second-order valence-electron chi connectivity index (χ2n) is 3.80. The maximum Gasteiger partial charge on any atom is 0.326 e. The summed E-state index contributed by atoms with van der Waals surface area (Å²) in [4.78, 5) is 30.1. The van der Waals surface area contributed by atoms with Crippen LogP contribution in [-0.4, -0.2) is 46.9 Å². The van der Waals surface area contributed by atoms with Gasteiger partial charge in [-0.05, 0) is 0 Å². The Labute approximate surface area is 108 Å². The molecule has 1 aliphatic rings. The minimum absolute atomic E-state index is 0.147. The summed E-state index contributed by atoms with van der Waals surface area (Å²) in [5.41, 5.74) is 0.836. The van der Waals surface area contributed by atoms with Crippen molar-refractivity contribution in [1.82, 2.24) is 14.8 Å². The topological polar surface area (TPSA) is 53.5 Å². The molecule has 1 fully saturated rings. The minimum atomic E-state index is -0.232. The fourth-order valence-corrected chi connectivity index (χ4v) is 2.64. The summed E-state index contributed by atoms with van der Waals surface area (Å²) in [6, 6.07) is -0.232. The first-order valence-electron chi connectivity index (χ1n) is 5.16. The van der Waals surface area contributed by atoms with Crippen molar-refractivity contribution in [1.29, 1.82) is 0 Å². The molecule has 0 saturated carbocycles. The predicted octanol–water partition coefficient (Wildman–Crippen LogP) is 1.32. The Morgan fingerprint density at radius 2 is 2.29 bits per heavy atom. The normalized spacial score (nSPS) is 16.1. The highest BCUT2D eigenvalue weighted by Crippen LogP contribution is 2.14. The van der Waals surface area contributed by atoms with Crippen LogP contribution in [-0.2, 0) is 17.1 Å². The van der Waals surface area contributed by atoms with Crippen molar-refractivity contribution < 1.29 is 9.59 Å². The van der Waals surface area contributed by atoms with Crippen molar-refractivity contribution in [2.45, 2.75) is 12.3 Å². The molecule has 1 aromatic rings. The van der Waals surface area contributed by atoms with E-state index in [-0.39, 0.29) is 18.5 Å². The average molecular weight is 274 g/mol. The third kappa shape index (κ3) is 2.58. The molecule has 0 radical (unpaired) electrons. The molecule has 1 saturated heterocycles. The van der Waals surface area contributed by atoms with Gasteiger partial charge in [0.1, 0.15) is 6.54 Å². The summed E-state index contributed by atoms with van der Waals surface area (Å²) in [5.74, 6) is 0.243. The third-order valence-corrected chi connectivity index (χ3v) is 3.75. The number of carbonyl (C=O) groups is 2. The van der Waals surface area contributed by atoms with E-state index in [0.29, 0.717) is 18.8 Å². The van der Waals surface area contributed by atoms with Crippen molar-refractivity contribution in [3.63, 3.8) is 0 Å². The van der Waals surface area contributed by atoms with Crippen LogP contribution in [0.1, 0.15) is 10.7 Å². The highest BCUT2D eigenvalue weighted by Gasteiger charge is 2.32. The quantitative estimate of drug-likeness (QED) is 0.614. The molecule has 2 rings (SSSR count). The molecule has 0 aliphatic carbocycles. The monoisotopic (exact) mass is 273 g/mol. The number of rotatable bonds is 4. The molecule has 0 bridgehead atoms. The number of imide groups is 1. The first-order chi connectivity index (χ1) is 8.11. The van der Waals surface area contributed by atoms with Gasteiger partial charge in [-0.25, -0.2) is 9.78 Å². The zero-order valence-corrected chi connectivity index (χ0v) is 10.9. The van der Waals surface area contributed by atoms with Crippen LogP contribution in [0.25, 0.3) is 0 Å². The van der Waals surface area contributed by atoms with Crippen molar-refractivity contribution >= 4 is 34.9 Å². The first kappa shape index (κ1) is 12.3. The lowest BCUT2D eigenvalue weighted by atomic mass is 10.4. The molecule has 0 spiro atoms. The van der Waals surface area contributed by atoms with Gasteiger partial charge in [-0.2, -0.15) is 0 Å². The van der Waals surface area contributed by atoms with E-state index in [4.69, 9.17) is 11.6 Å². The Kier molecular flexibility index (Phi) is 3.63. The largest absolute Gasteiger partial charge is 0.326 e. The number of aromatic nitrogens is 1. The molecule has 17 heavy (non-hydrogen) atoms. The van der Waals surface area contributed by atoms with Crippen LogP contribution >= 0.6 is 22.9 Å². The molecule has 1 aromatic heterocycles. The Morgan fingerprint density at radius 1 is 1.53 bits per heavy atom. The molecule has 3 amide bonds. The number of halogens is 1. The first-order valence-corrected chi connectivity index (χ1v) is 6.58. The van der Waals surface area contributed by atoms with Gasteiger partial charge in [-0.1, -0.05) is 0 Å². The summed E-state index contributed by atoms with van der Waals surface area (Å²) in [5, 5.41) is 2.79. The Bertz CT molecular complexity index is 449. The lowest BCUT2D eigenvalue weighted by Crippen LogP contribution is -2.33. The van der Waals surface area contributed by atoms with E-state index in [2.05, 4.69) is 4.98 Å². The van der Waals surface area contributed by atoms with Gasteiger partial charge in [-0.3, -0.25) is 9.69 Å². The number of alkyl halides is 1. The second kappa shape index (κ2) is 5.01. The van der Waals surface area contributed by atoms with Gasteiger partial charge in [-0.15, -0.1) is 22.9 Å². The molecular weight excluding hydrogens is 262 g/mol. The highest BCUT2D eigenvalue weighted by molar-refractivity contribution is 7.09. The summed E-state index contributed by atoms with van der Waals surface area (Å²) in [7, 11) is 1.62. The number of nitrogens with zero attached hydrogens (tertiary/aromatic N) is 3. The van der Waals surface area contributed by atoms with Crippen molar-refractivity contribution in [2.75, 3.05) is 20.1 Å². The fourth-order valence-electron chi connectivity index (χ4n) is 1.62. The fraction of sp³-hybridized carbons (Fsp3) is 0.500. The summed E-state index contributed by atoms with van der Waals surface area (Å²) in [6.07, 6.45) is 0.590. The third-order valence-electron chi connectivity index (χ3n) is 2.52. The van der Waals surface area contributed by atoms with Gasteiger partial charge < -0.3 is 4.90 Å². The van der Waals surface area contributed by atoms with Crippen LogP contribution < -0.4 is 0 Å². The molecule has 0 aromatic carbocycles. The van der Waals surface area contributed by atoms with Crippen LogP contribution in [0, 0.1) is 0 Å².